The fourth-order valence-corrected chi connectivity index (χ4v) is 8.45. The average Bonchev–Trinajstić information content (AvgIpc) is 2.68. The van der Waals surface area contributed by atoms with Crippen LogP contribution in [-0.4, -0.2) is 26.7 Å². The molecule has 0 aliphatic carbocycles. The molecule has 1 atom stereocenters. The van der Waals surface area contributed by atoms with Crippen LogP contribution in [0.3, 0.4) is 0 Å². The standard InChI is InChI=1S/C25H37NOSi/c1-7-21(2)26-22(3)15-14-20-27-28(25(4,5)6,23-16-10-8-11-17-23)24-18-12-9-13-19-24/h8-13,16-19,21H,7,14-15,20H2,1-6H3. The average molecular weight is 396 g/mol. The Labute approximate surface area is 173 Å². The van der Waals surface area contributed by atoms with Gasteiger partial charge < -0.3 is 4.43 Å². The fraction of sp³-hybridized carbons (Fsp3) is 0.480. The predicted molar refractivity (Wildman–Crippen MR) is 126 cm³/mol. The highest BCUT2D eigenvalue weighted by Crippen LogP contribution is 2.36. The van der Waals surface area contributed by atoms with Gasteiger partial charge in [0.15, 0.2) is 0 Å². The molecule has 2 aromatic carbocycles. The molecule has 2 rings (SSSR count). The Morgan fingerprint density at radius 3 is 1.89 bits per heavy atom. The van der Waals surface area contributed by atoms with E-state index in [1.165, 1.54) is 16.1 Å². The first kappa shape index (κ1) is 22.6. The summed E-state index contributed by atoms with van der Waals surface area (Å²) in [6.07, 6.45) is 3.11. The SMILES string of the molecule is CCC(C)N=C(C)CCCO[Si](c1ccccc1)(c1ccccc1)C(C)(C)C. The van der Waals surface area contributed by atoms with Crippen LogP contribution in [0.4, 0.5) is 0 Å². The Balaban J connectivity index is 2.28. The molecule has 0 aliphatic heterocycles. The zero-order chi connectivity index (χ0) is 20.6. The topological polar surface area (TPSA) is 21.6 Å². The Hall–Kier alpha value is -1.71. The van der Waals surface area contributed by atoms with Crippen LogP contribution < -0.4 is 10.4 Å². The predicted octanol–water partition coefficient (Wildman–Crippen LogP) is 5.60. The zero-order valence-electron chi connectivity index (χ0n) is 18.5. The Bertz CT molecular complexity index is 695. The first-order chi connectivity index (χ1) is 13.3. The maximum Gasteiger partial charge on any atom is 0.261 e. The molecule has 2 aromatic rings. The van der Waals surface area contributed by atoms with Gasteiger partial charge in [0.1, 0.15) is 0 Å². The van der Waals surface area contributed by atoms with Crippen LogP contribution in [0.1, 0.15) is 60.8 Å². The van der Waals surface area contributed by atoms with Gasteiger partial charge in [0.25, 0.3) is 8.32 Å². The summed E-state index contributed by atoms with van der Waals surface area (Å²) in [5.74, 6) is 0. The van der Waals surface area contributed by atoms with Crippen molar-refractivity contribution in [2.75, 3.05) is 6.61 Å². The van der Waals surface area contributed by atoms with Gasteiger partial charge in [-0.25, -0.2) is 0 Å². The van der Waals surface area contributed by atoms with Crippen molar-refractivity contribution in [3.05, 3.63) is 60.7 Å². The van der Waals surface area contributed by atoms with Gasteiger partial charge in [-0.15, -0.1) is 0 Å². The van der Waals surface area contributed by atoms with Crippen molar-refractivity contribution in [3.63, 3.8) is 0 Å². The molecule has 0 spiro atoms. The number of nitrogens with zero attached hydrogens (tertiary/aromatic N) is 1. The van der Waals surface area contributed by atoms with Crippen molar-refractivity contribution in [1.82, 2.24) is 0 Å². The van der Waals surface area contributed by atoms with Crippen molar-refractivity contribution in [3.8, 4) is 0 Å². The van der Waals surface area contributed by atoms with Crippen LogP contribution >= 0.6 is 0 Å². The van der Waals surface area contributed by atoms with E-state index in [9.17, 15) is 0 Å². The highest BCUT2D eigenvalue weighted by atomic mass is 28.4. The third-order valence-electron chi connectivity index (χ3n) is 5.45. The summed E-state index contributed by atoms with van der Waals surface area (Å²) in [5, 5.41) is 2.73. The lowest BCUT2D eigenvalue weighted by Gasteiger charge is -2.43. The van der Waals surface area contributed by atoms with E-state index in [1.54, 1.807) is 0 Å². The normalized spacial score (nSPS) is 14.1. The summed E-state index contributed by atoms with van der Waals surface area (Å²) >= 11 is 0. The summed E-state index contributed by atoms with van der Waals surface area (Å²) in [6.45, 7) is 14.3. The van der Waals surface area contributed by atoms with Gasteiger partial charge >= 0.3 is 0 Å². The number of hydrogen-bond acceptors (Lipinski definition) is 2. The molecule has 0 heterocycles. The second-order valence-electron chi connectivity index (χ2n) is 8.74. The Morgan fingerprint density at radius 2 is 1.46 bits per heavy atom. The van der Waals surface area contributed by atoms with E-state index in [2.05, 4.69) is 102 Å². The van der Waals surface area contributed by atoms with Crippen molar-refractivity contribution in [1.29, 1.82) is 0 Å². The minimum Gasteiger partial charge on any atom is -0.407 e. The summed E-state index contributed by atoms with van der Waals surface area (Å²) < 4.78 is 6.93. The molecule has 0 aliphatic rings. The van der Waals surface area contributed by atoms with E-state index in [1.807, 2.05) is 0 Å². The Kier molecular flexibility index (Phi) is 8.20. The van der Waals surface area contributed by atoms with Crippen LogP contribution in [0.15, 0.2) is 65.7 Å². The third kappa shape index (κ3) is 5.42. The van der Waals surface area contributed by atoms with Gasteiger partial charge in [0, 0.05) is 18.4 Å². The molecule has 3 heteroatoms. The van der Waals surface area contributed by atoms with Crippen molar-refractivity contribution in [2.45, 2.75) is 71.9 Å². The largest absolute Gasteiger partial charge is 0.407 e. The highest BCUT2D eigenvalue weighted by molar-refractivity contribution is 6.99. The molecular weight excluding hydrogens is 358 g/mol. The van der Waals surface area contributed by atoms with Gasteiger partial charge in [0.2, 0.25) is 0 Å². The summed E-state index contributed by atoms with van der Waals surface area (Å²) in [4.78, 5) is 4.77. The fourth-order valence-electron chi connectivity index (χ4n) is 3.85. The van der Waals surface area contributed by atoms with Gasteiger partial charge in [-0.05, 0) is 48.5 Å². The molecule has 0 saturated heterocycles. The molecule has 0 aromatic heterocycles. The second kappa shape index (κ2) is 10.2. The van der Waals surface area contributed by atoms with E-state index >= 15 is 0 Å². The summed E-state index contributed by atoms with van der Waals surface area (Å²) in [7, 11) is -2.40. The molecule has 0 bridgehead atoms. The van der Waals surface area contributed by atoms with Crippen LogP contribution in [0.25, 0.3) is 0 Å². The molecule has 2 nitrogen and oxygen atoms in total. The molecular formula is C25H37NOSi. The molecule has 1 unspecified atom stereocenters. The van der Waals surface area contributed by atoms with E-state index in [0.29, 0.717) is 6.04 Å². The van der Waals surface area contributed by atoms with Gasteiger partial charge in [-0.1, -0.05) is 88.4 Å². The summed E-state index contributed by atoms with van der Waals surface area (Å²) in [5.41, 5.74) is 1.24. The van der Waals surface area contributed by atoms with Crippen molar-refractivity contribution >= 4 is 24.4 Å². The Morgan fingerprint density at radius 1 is 0.964 bits per heavy atom. The van der Waals surface area contributed by atoms with Gasteiger partial charge in [-0.2, -0.15) is 0 Å². The zero-order valence-corrected chi connectivity index (χ0v) is 19.5. The number of rotatable bonds is 9. The minimum atomic E-state index is -2.40. The lowest BCUT2D eigenvalue weighted by Crippen LogP contribution is -2.66. The maximum absolute atomic E-state index is 6.93. The quantitative estimate of drug-likeness (QED) is 0.307. The number of aliphatic imine (C=N–C) groups is 1. The van der Waals surface area contributed by atoms with Crippen LogP contribution in [-0.2, 0) is 4.43 Å². The number of benzene rings is 2. The lowest BCUT2D eigenvalue weighted by molar-refractivity contribution is 0.294. The lowest BCUT2D eigenvalue weighted by atomic mass is 10.2. The van der Waals surface area contributed by atoms with E-state index in [0.717, 1.165) is 25.9 Å². The summed E-state index contributed by atoms with van der Waals surface area (Å²) in [6, 6.07) is 22.1. The second-order valence-corrected chi connectivity index (χ2v) is 13.0. The smallest absolute Gasteiger partial charge is 0.261 e. The molecule has 0 saturated carbocycles. The molecule has 0 radical (unpaired) electrons. The van der Waals surface area contributed by atoms with Crippen LogP contribution in [0, 0.1) is 0 Å². The third-order valence-corrected chi connectivity index (χ3v) is 10.5. The molecule has 28 heavy (non-hydrogen) atoms. The van der Waals surface area contributed by atoms with E-state index < -0.39 is 8.32 Å². The monoisotopic (exact) mass is 395 g/mol. The first-order valence-electron chi connectivity index (χ1n) is 10.6. The highest BCUT2D eigenvalue weighted by Gasteiger charge is 2.49. The van der Waals surface area contributed by atoms with Crippen molar-refractivity contribution < 1.29 is 4.43 Å². The minimum absolute atomic E-state index is 0.0373. The van der Waals surface area contributed by atoms with E-state index in [4.69, 9.17) is 9.42 Å². The van der Waals surface area contributed by atoms with Crippen LogP contribution in [0.2, 0.25) is 5.04 Å². The number of hydrogen-bond donors (Lipinski definition) is 0. The first-order valence-corrected chi connectivity index (χ1v) is 12.5. The molecule has 0 amide bonds. The molecule has 0 fully saturated rings. The van der Waals surface area contributed by atoms with Crippen molar-refractivity contribution in [2.24, 2.45) is 4.99 Å². The van der Waals surface area contributed by atoms with E-state index in [-0.39, 0.29) is 5.04 Å². The van der Waals surface area contributed by atoms with Gasteiger partial charge in [0.05, 0.1) is 0 Å². The molecule has 0 N–H and O–H groups in total. The van der Waals surface area contributed by atoms with Crippen LogP contribution in [0.5, 0.6) is 0 Å². The van der Waals surface area contributed by atoms with Gasteiger partial charge in [-0.3, -0.25) is 4.99 Å². The molecule has 152 valence electrons. The maximum atomic E-state index is 6.93.